The summed E-state index contributed by atoms with van der Waals surface area (Å²) in [5, 5.41) is 12.0. The molecule has 22 heavy (non-hydrogen) atoms. The number of aromatic nitrogens is 1. The Balaban J connectivity index is 1.79. The number of hydrogen-bond acceptors (Lipinski definition) is 4. The van der Waals surface area contributed by atoms with Gasteiger partial charge in [-0.2, -0.15) is 0 Å². The van der Waals surface area contributed by atoms with Crippen molar-refractivity contribution in [3.63, 3.8) is 0 Å². The van der Waals surface area contributed by atoms with E-state index < -0.39 is 6.10 Å². The van der Waals surface area contributed by atoms with Crippen LogP contribution in [0, 0.1) is 11.7 Å². The predicted molar refractivity (Wildman–Crippen MR) is 83.2 cm³/mol. The second kappa shape index (κ2) is 6.14. The van der Waals surface area contributed by atoms with Gasteiger partial charge in [0.25, 0.3) is 5.91 Å². The number of nitrogens with zero attached hydrogens (tertiary/aromatic N) is 2. The van der Waals surface area contributed by atoms with E-state index in [1.54, 1.807) is 28.5 Å². The first-order valence-electron chi connectivity index (χ1n) is 7.24. The predicted octanol–water partition coefficient (Wildman–Crippen LogP) is 2.79. The number of piperidine rings is 1. The fourth-order valence-electron chi connectivity index (χ4n) is 2.53. The van der Waals surface area contributed by atoms with Crippen molar-refractivity contribution in [2.45, 2.75) is 19.4 Å². The van der Waals surface area contributed by atoms with Crippen molar-refractivity contribution in [2.75, 3.05) is 13.1 Å². The summed E-state index contributed by atoms with van der Waals surface area (Å²) in [6.07, 6.45) is 0.277. The third-order valence-electron chi connectivity index (χ3n) is 4.03. The summed E-state index contributed by atoms with van der Waals surface area (Å²) < 4.78 is 13.8. The maximum atomic E-state index is 13.8. The van der Waals surface area contributed by atoms with Gasteiger partial charge in [-0.1, -0.05) is 19.1 Å². The first kappa shape index (κ1) is 15.1. The van der Waals surface area contributed by atoms with E-state index in [-0.39, 0.29) is 17.6 Å². The van der Waals surface area contributed by atoms with Crippen LogP contribution in [0.3, 0.4) is 0 Å². The lowest BCUT2D eigenvalue weighted by Gasteiger charge is -2.33. The van der Waals surface area contributed by atoms with Gasteiger partial charge in [0.15, 0.2) is 0 Å². The lowest BCUT2D eigenvalue weighted by molar-refractivity contribution is 0.0246. The largest absolute Gasteiger partial charge is 0.391 e. The van der Waals surface area contributed by atoms with Gasteiger partial charge in [0.2, 0.25) is 0 Å². The molecule has 1 aliphatic heterocycles. The minimum absolute atomic E-state index is 0.202. The molecule has 1 fully saturated rings. The average molecular weight is 320 g/mol. The Hall–Kier alpha value is -1.79. The molecule has 3 rings (SSSR count). The Morgan fingerprint density at radius 3 is 2.95 bits per heavy atom. The Morgan fingerprint density at radius 1 is 1.45 bits per heavy atom. The Morgan fingerprint density at radius 2 is 2.23 bits per heavy atom. The normalized spacial score (nSPS) is 21.9. The smallest absolute Gasteiger partial charge is 0.273 e. The van der Waals surface area contributed by atoms with Crippen LogP contribution in [0.1, 0.15) is 23.8 Å². The van der Waals surface area contributed by atoms with Crippen molar-refractivity contribution in [1.82, 2.24) is 9.88 Å². The summed E-state index contributed by atoms with van der Waals surface area (Å²) in [5.41, 5.74) is 0.712. The molecule has 0 saturated carbocycles. The molecule has 1 aromatic heterocycles. The summed E-state index contributed by atoms with van der Waals surface area (Å²) in [5.74, 6) is -0.351. The molecule has 0 bridgehead atoms. The highest BCUT2D eigenvalue weighted by Gasteiger charge is 2.29. The second-order valence-corrected chi connectivity index (χ2v) is 6.46. The van der Waals surface area contributed by atoms with E-state index in [1.807, 2.05) is 6.92 Å². The highest BCUT2D eigenvalue weighted by Crippen LogP contribution is 2.27. The molecule has 1 aliphatic rings. The topological polar surface area (TPSA) is 53.4 Å². The van der Waals surface area contributed by atoms with Gasteiger partial charge in [0, 0.05) is 24.0 Å². The summed E-state index contributed by atoms with van der Waals surface area (Å²) in [7, 11) is 0. The van der Waals surface area contributed by atoms with E-state index in [2.05, 4.69) is 4.98 Å². The van der Waals surface area contributed by atoms with Crippen LogP contribution in [0.25, 0.3) is 10.6 Å². The number of carbonyl (C=O) groups excluding carboxylic acids is 1. The Kier molecular flexibility index (Phi) is 4.22. The molecule has 1 saturated heterocycles. The van der Waals surface area contributed by atoms with Crippen LogP contribution < -0.4 is 0 Å². The summed E-state index contributed by atoms with van der Waals surface area (Å²) >= 11 is 1.25. The van der Waals surface area contributed by atoms with Crippen LogP contribution in [0.4, 0.5) is 4.39 Å². The van der Waals surface area contributed by atoms with Crippen molar-refractivity contribution < 1.29 is 14.3 Å². The van der Waals surface area contributed by atoms with E-state index in [0.29, 0.717) is 29.4 Å². The third kappa shape index (κ3) is 2.89. The molecule has 0 spiro atoms. The number of benzene rings is 1. The van der Waals surface area contributed by atoms with Gasteiger partial charge in [-0.3, -0.25) is 4.79 Å². The SMILES string of the molecule is CC1CCN(C(=O)c2csc(-c3ccccc3F)n2)CC1O. The number of β-amino-alcohol motifs (C(OH)–C–C–N with tert-alkyl or cyclic N) is 1. The number of halogens is 1. The first-order valence-corrected chi connectivity index (χ1v) is 8.12. The zero-order valence-electron chi connectivity index (χ0n) is 12.2. The standard InChI is InChI=1S/C16H17FN2O2S/c1-10-6-7-19(8-14(10)20)16(21)13-9-22-15(18-13)11-4-2-3-5-12(11)17/h2-5,9-10,14,20H,6-8H2,1H3. The van der Waals surface area contributed by atoms with Crippen molar-refractivity contribution in [3.05, 3.63) is 41.2 Å². The quantitative estimate of drug-likeness (QED) is 0.926. The summed E-state index contributed by atoms with van der Waals surface area (Å²) in [4.78, 5) is 18.3. The molecule has 2 heterocycles. The maximum absolute atomic E-state index is 13.8. The number of aliphatic hydroxyl groups excluding tert-OH is 1. The molecule has 6 heteroatoms. The molecular weight excluding hydrogens is 303 g/mol. The van der Waals surface area contributed by atoms with Gasteiger partial charge in [-0.25, -0.2) is 9.37 Å². The Bertz CT molecular complexity index is 688. The van der Waals surface area contributed by atoms with Crippen LogP contribution in [-0.4, -0.2) is 40.1 Å². The van der Waals surface area contributed by atoms with Crippen LogP contribution in [0.5, 0.6) is 0 Å². The molecule has 0 aliphatic carbocycles. The minimum Gasteiger partial charge on any atom is -0.391 e. The molecule has 0 radical (unpaired) electrons. The van der Waals surface area contributed by atoms with Crippen LogP contribution in [0.15, 0.2) is 29.6 Å². The van der Waals surface area contributed by atoms with Crippen molar-refractivity contribution in [2.24, 2.45) is 5.92 Å². The third-order valence-corrected chi connectivity index (χ3v) is 4.91. The van der Waals surface area contributed by atoms with Gasteiger partial charge in [0.05, 0.1) is 6.10 Å². The van der Waals surface area contributed by atoms with Crippen molar-refractivity contribution >= 4 is 17.2 Å². The van der Waals surface area contributed by atoms with E-state index in [4.69, 9.17) is 0 Å². The van der Waals surface area contributed by atoms with Gasteiger partial charge in [0.1, 0.15) is 16.5 Å². The van der Waals surface area contributed by atoms with Gasteiger partial charge in [-0.15, -0.1) is 11.3 Å². The van der Waals surface area contributed by atoms with Crippen LogP contribution in [0.2, 0.25) is 0 Å². The second-order valence-electron chi connectivity index (χ2n) is 5.60. The number of aliphatic hydroxyl groups is 1. The molecule has 1 aromatic carbocycles. The van der Waals surface area contributed by atoms with E-state index >= 15 is 0 Å². The zero-order valence-corrected chi connectivity index (χ0v) is 13.0. The first-order chi connectivity index (χ1) is 10.6. The van der Waals surface area contributed by atoms with Gasteiger partial charge >= 0.3 is 0 Å². The lowest BCUT2D eigenvalue weighted by atomic mass is 9.96. The number of thiazole rings is 1. The number of carbonyl (C=O) groups is 1. The van der Waals surface area contributed by atoms with E-state index in [0.717, 1.165) is 6.42 Å². The van der Waals surface area contributed by atoms with Crippen LogP contribution in [-0.2, 0) is 0 Å². The van der Waals surface area contributed by atoms with E-state index in [1.165, 1.54) is 17.4 Å². The fraction of sp³-hybridized carbons (Fsp3) is 0.375. The average Bonchev–Trinajstić information content (AvgIpc) is 2.99. The molecule has 2 aromatic rings. The van der Waals surface area contributed by atoms with Crippen molar-refractivity contribution in [1.29, 1.82) is 0 Å². The number of amides is 1. The highest BCUT2D eigenvalue weighted by molar-refractivity contribution is 7.13. The monoisotopic (exact) mass is 320 g/mol. The van der Waals surface area contributed by atoms with Crippen molar-refractivity contribution in [3.8, 4) is 10.6 Å². The molecule has 2 unspecified atom stereocenters. The van der Waals surface area contributed by atoms with E-state index in [9.17, 15) is 14.3 Å². The maximum Gasteiger partial charge on any atom is 0.273 e. The molecule has 116 valence electrons. The van der Waals surface area contributed by atoms with Gasteiger partial charge in [-0.05, 0) is 24.5 Å². The molecule has 4 nitrogen and oxygen atoms in total. The van der Waals surface area contributed by atoms with Gasteiger partial charge < -0.3 is 10.0 Å². The molecule has 1 amide bonds. The summed E-state index contributed by atoms with van der Waals surface area (Å²) in [6.45, 7) is 2.92. The number of hydrogen-bond donors (Lipinski definition) is 1. The molecule has 1 N–H and O–H groups in total. The molecular formula is C16H17FN2O2S. The number of likely N-dealkylation sites (tertiary alicyclic amines) is 1. The minimum atomic E-state index is -0.498. The fourth-order valence-corrected chi connectivity index (χ4v) is 3.35. The Labute approximate surface area is 132 Å². The lowest BCUT2D eigenvalue weighted by Crippen LogP contribution is -2.45. The zero-order chi connectivity index (χ0) is 15.7. The number of rotatable bonds is 2. The van der Waals surface area contributed by atoms with Crippen LogP contribution >= 0.6 is 11.3 Å². The summed E-state index contributed by atoms with van der Waals surface area (Å²) in [6, 6.07) is 6.38. The highest BCUT2D eigenvalue weighted by atomic mass is 32.1. The molecule has 2 atom stereocenters.